The molecule has 2 heterocycles. The van der Waals surface area contributed by atoms with Gasteiger partial charge in [0.25, 0.3) is 0 Å². The van der Waals surface area contributed by atoms with Crippen molar-refractivity contribution in [2.45, 2.75) is 56.9 Å². The first-order valence-electron chi connectivity index (χ1n) is 11.6. The van der Waals surface area contributed by atoms with E-state index in [1.807, 2.05) is 30.3 Å². The third-order valence-corrected chi connectivity index (χ3v) is 6.87. The number of imide groups is 1. The van der Waals surface area contributed by atoms with Crippen molar-refractivity contribution in [3.63, 3.8) is 0 Å². The van der Waals surface area contributed by atoms with Crippen LogP contribution in [0, 0.1) is 0 Å². The number of aromatic nitrogens is 2. The van der Waals surface area contributed by atoms with Gasteiger partial charge in [0.05, 0.1) is 17.7 Å². The van der Waals surface area contributed by atoms with Gasteiger partial charge in [-0.25, -0.2) is 0 Å². The molecule has 1 aliphatic carbocycles. The van der Waals surface area contributed by atoms with Crippen molar-refractivity contribution in [2.24, 2.45) is 0 Å². The fourth-order valence-electron chi connectivity index (χ4n) is 5.00. The molecule has 2 aliphatic rings. The zero-order valence-corrected chi connectivity index (χ0v) is 19.4. The lowest BCUT2D eigenvalue weighted by Gasteiger charge is -2.29. The summed E-state index contributed by atoms with van der Waals surface area (Å²) in [4.78, 5) is 42.7. The van der Waals surface area contributed by atoms with Gasteiger partial charge in [-0.15, -0.1) is 0 Å². The molecule has 33 heavy (non-hydrogen) atoms. The van der Waals surface area contributed by atoms with E-state index in [1.165, 1.54) is 16.2 Å². The Kier molecular flexibility index (Phi) is 6.93. The van der Waals surface area contributed by atoms with Gasteiger partial charge in [-0.2, -0.15) is 5.10 Å². The zero-order chi connectivity index (χ0) is 23.4. The van der Waals surface area contributed by atoms with E-state index in [2.05, 4.69) is 10.2 Å². The number of carbonyl (C=O) groups excluding carboxylic acids is 3. The van der Waals surface area contributed by atoms with Crippen molar-refractivity contribution in [1.29, 1.82) is 0 Å². The van der Waals surface area contributed by atoms with Gasteiger partial charge in [-0.05, 0) is 43.2 Å². The number of amides is 3. The number of carbonyl (C=O) groups is 3. The fraction of sp³-hybridized carbons (Fsp3) is 0.520. The van der Waals surface area contributed by atoms with Crippen LogP contribution in [-0.4, -0.2) is 65.0 Å². The Hall–Kier alpha value is -3.00. The SMILES string of the molecule is COCCCN1C(=O)C[C@](CC(=O)N(C)Cc2n[nH]c3c2CCCC3)(c2ccccc2)C1=O. The van der Waals surface area contributed by atoms with E-state index >= 15 is 0 Å². The van der Waals surface area contributed by atoms with Gasteiger partial charge in [-0.1, -0.05) is 30.3 Å². The molecule has 1 aromatic heterocycles. The smallest absolute Gasteiger partial charge is 0.240 e. The van der Waals surface area contributed by atoms with Crippen LogP contribution in [0.2, 0.25) is 0 Å². The van der Waals surface area contributed by atoms with Gasteiger partial charge in [0.15, 0.2) is 0 Å². The molecule has 1 fully saturated rings. The predicted molar refractivity (Wildman–Crippen MR) is 122 cm³/mol. The lowest BCUT2D eigenvalue weighted by Crippen LogP contribution is -2.43. The molecule has 0 saturated carbocycles. The van der Waals surface area contributed by atoms with Crippen molar-refractivity contribution in [1.82, 2.24) is 20.0 Å². The summed E-state index contributed by atoms with van der Waals surface area (Å²) in [6, 6.07) is 9.21. The number of nitrogens with zero attached hydrogens (tertiary/aromatic N) is 3. The van der Waals surface area contributed by atoms with Crippen LogP contribution in [0.4, 0.5) is 0 Å². The van der Waals surface area contributed by atoms with Crippen molar-refractivity contribution in [2.75, 3.05) is 27.3 Å². The van der Waals surface area contributed by atoms with E-state index in [0.717, 1.165) is 31.4 Å². The summed E-state index contributed by atoms with van der Waals surface area (Å²) in [6.07, 6.45) is 4.76. The Morgan fingerprint density at radius 2 is 1.97 bits per heavy atom. The Morgan fingerprint density at radius 3 is 2.73 bits per heavy atom. The summed E-state index contributed by atoms with van der Waals surface area (Å²) in [5.74, 6) is -0.711. The molecule has 1 aliphatic heterocycles. The van der Waals surface area contributed by atoms with E-state index in [1.54, 1.807) is 19.1 Å². The standard InChI is InChI=1S/C25H32N4O4/c1-28(17-21-19-11-6-7-12-20(19)26-27-21)22(30)15-25(18-9-4-3-5-10-18)16-23(31)29(24(25)32)13-8-14-33-2/h3-5,9-10H,6-8,11-17H2,1-2H3,(H,26,27)/t25-/m1/s1. The zero-order valence-electron chi connectivity index (χ0n) is 19.4. The molecule has 1 saturated heterocycles. The molecule has 176 valence electrons. The number of rotatable bonds is 9. The van der Waals surface area contributed by atoms with Crippen molar-refractivity contribution < 1.29 is 19.1 Å². The normalized spacial score (nSPS) is 20.2. The minimum atomic E-state index is -1.18. The molecule has 8 heteroatoms. The van der Waals surface area contributed by atoms with E-state index < -0.39 is 5.41 Å². The second-order valence-electron chi connectivity index (χ2n) is 9.08. The van der Waals surface area contributed by atoms with Crippen molar-refractivity contribution >= 4 is 17.7 Å². The molecular formula is C25H32N4O4. The molecule has 0 bridgehead atoms. The molecule has 1 N–H and O–H groups in total. The number of ether oxygens (including phenoxy) is 1. The Labute approximate surface area is 194 Å². The van der Waals surface area contributed by atoms with Gasteiger partial charge < -0.3 is 9.64 Å². The number of H-pyrrole nitrogens is 1. The molecular weight excluding hydrogens is 420 g/mol. The molecule has 0 spiro atoms. The highest BCUT2D eigenvalue weighted by Gasteiger charge is 2.53. The number of hydrogen-bond donors (Lipinski definition) is 1. The average molecular weight is 453 g/mol. The topological polar surface area (TPSA) is 95.6 Å². The lowest BCUT2D eigenvalue weighted by molar-refractivity contribution is -0.142. The molecule has 1 atom stereocenters. The summed E-state index contributed by atoms with van der Waals surface area (Å²) in [5.41, 5.74) is 2.80. The highest BCUT2D eigenvalue weighted by atomic mass is 16.5. The minimum Gasteiger partial charge on any atom is -0.385 e. The number of methoxy groups -OCH3 is 1. The van der Waals surface area contributed by atoms with E-state index in [-0.39, 0.29) is 30.6 Å². The molecule has 0 unspecified atom stereocenters. The van der Waals surface area contributed by atoms with Gasteiger partial charge in [0.2, 0.25) is 17.7 Å². The lowest BCUT2D eigenvalue weighted by atomic mass is 9.75. The number of fused-ring (bicyclic) bond motifs is 1. The van der Waals surface area contributed by atoms with Crippen LogP contribution < -0.4 is 0 Å². The van der Waals surface area contributed by atoms with E-state index in [9.17, 15) is 14.4 Å². The molecule has 2 aromatic rings. The monoisotopic (exact) mass is 452 g/mol. The summed E-state index contributed by atoms with van der Waals surface area (Å²) in [5, 5.41) is 7.56. The molecule has 3 amide bonds. The Morgan fingerprint density at radius 1 is 1.21 bits per heavy atom. The summed E-state index contributed by atoms with van der Waals surface area (Å²) in [6.45, 7) is 1.14. The quantitative estimate of drug-likeness (QED) is 0.466. The van der Waals surface area contributed by atoms with Gasteiger partial charge >= 0.3 is 0 Å². The number of nitrogens with one attached hydrogen (secondary N) is 1. The molecule has 8 nitrogen and oxygen atoms in total. The van der Waals surface area contributed by atoms with Crippen LogP contribution in [0.3, 0.4) is 0 Å². The first-order chi connectivity index (χ1) is 16.0. The summed E-state index contributed by atoms with van der Waals surface area (Å²) in [7, 11) is 3.33. The highest BCUT2D eigenvalue weighted by Crippen LogP contribution is 2.40. The number of aryl methyl sites for hydroxylation is 1. The molecule has 0 radical (unpaired) electrons. The van der Waals surface area contributed by atoms with E-state index in [0.29, 0.717) is 31.7 Å². The summed E-state index contributed by atoms with van der Waals surface area (Å²) < 4.78 is 5.08. The van der Waals surface area contributed by atoms with Crippen LogP contribution in [-0.2, 0) is 43.9 Å². The van der Waals surface area contributed by atoms with Gasteiger partial charge in [-0.3, -0.25) is 24.4 Å². The van der Waals surface area contributed by atoms with Crippen molar-refractivity contribution in [3.8, 4) is 0 Å². The van der Waals surface area contributed by atoms with E-state index in [4.69, 9.17) is 4.74 Å². The van der Waals surface area contributed by atoms with Crippen LogP contribution >= 0.6 is 0 Å². The average Bonchev–Trinajstić information content (AvgIpc) is 3.34. The fourth-order valence-corrected chi connectivity index (χ4v) is 5.00. The van der Waals surface area contributed by atoms with Gasteiger partial charge in [0, 0.05) is 45.8 Å². The van der Waals surface area contributed by atoms with Crippen LogP contribution in [0.25, 0.3) is 0 Å². The number of likely N-dealkylation sites (tertiary alicyclic amines) is 1. The van der Waals surface area contributed by atoms with Crippen LogP contribution in [0.5, 0.6) is 0 Å². The van der Waals surface area contributed by atoms with Crippen molar-refractivity contribution in [3.05, 3.63) is 52.8 Å². The molecule has 1 aromatic carbocycles. The van der Waals surface area contributed by atoms with Crippen LogP contribution in [0.1, 0.15) is 54.6 Å². The number of aromatic amines is 1. The van der Waals surface area contributed by atoms with Crippen LogP contribution in [0.15, 0.2) is 30.3 Å². The maximum absolute atomic E-state index is 13.6. The highest BCUT2D eigenvalue weighted by molar-refractivity contribution is 6.10. The number of benzene rings is 1. The largest absolute Gasteiger partial charge is 0.385 e. The minimum absolute atomic E-state index is 0.000210. The first kappa shape index (κ1) is 23.2. The Balaban J connectivity index is 1.55. The second-order valence-corrected chi connectivity index (χ2v) is 9.08. The third kappa shape index (κ3) is 4.57. The second kappa shape index (κ2) is 9.87. The Bertz CT molecular complexity index is 1020. The number of hydrogen-bond acceptors (Lipinski definition) is 5. The molecule has 4 rings (SSSR count). The summed E-state index contributed by atoms with van der Waals surface area (Å²) >= 11 is 0. The maximum Gasteiger partial charge on any atom is 0.240 e. The van der Waals surface area contributed by atoms with Gasteiger partial charge in [0.1, 0.15) is 0 Å². The third-order valence-electron chi connectivity index (χ3n) is 6.87. The maximum atomic E-state index is 13.6. The predicted octanol–water partition coefficient (Wildman–Crippen LogP) is 2.37. The first-order valence-corrected chi connectivity index (χ1v) is 11.6.